The molecule has 4 heteroatoms. The van der Waals surface area contributed by atoms with Crippen molar-refractivity contribution >= 4 is 0 Å². The molecule has 0 spiro atoms. The summed E-state index contributed by atoms with van der Waals surface area (Å²) in [6, 6.07) is 10.8. The Bertz CT molecular complexity index is 615. The molecular weight excluding hydrogens is 286 g/mol. The fraction of sp³-hybridized carbons (Fsp3) is 0.579. The monoisotopic (exact) mass is 311 g/mol. The predicted molar refractivity (Wildman–Crippen MR) is 89.7 cm³/mol. The molecule has 0 unspecified atom stereocenters. The van der Waals surface area contributed by atoms with Crippen molar-refractivity contribution in [2.75, 3.05) is 6.54 Å². The molecule has 23 heavy (non-hydrogen) atoms. The lowest BCUT2D eigenvalue weighted by Crippen LogP contribution is -2.32. The van der Waals surface area contributed by atoms with Gasteiger partial charge in [-0.05, 0) is 43.7 Å². The number of benzene rings is 1. The molecule has 0 radical (unpaired) electrons. The van der Waals surface area contributed by atoms with E-state index >= 15 is 0 Å². The summed E-state index contributed by atoms with van der Waals surface area (Å²) >= 11 is 0. The first kappa shape index (κ1) is 14.9. The van der Waals surface area contributed by atoms with Gasteiger partial charge in [0.15, 0.2) is 0 Å². The van der Waals surface area contributed by atoms with Crippen LogP contribution in [-0.2, 0) is 6.54 Å². The zero-order valence-electron chi connectivity index (χ0n) is 13.7. The third kappa shape index (κ3) is 3.81. The highest BCUT2D eigenvalue weighted by atomic mass is 16.4. The third-order valence-corrected chi connectivity index (χ3v) is 5.11. The van der Waals surface area contributed by atoms with Crippen LogP contribution in [0.25, 0.3) is 11.5 Å². The van der Waals surface area contributed by atoms with Gasteiger partial charge in [-0.3, -0.25) is 4.90 Å². The fourth-order valence-corrected chi connectivity index (χ4v) is 3.67. The number of rotatable bonds is 6. The molecule has 2 aliphatic carbocycles. The summed E-state index contributed by atoms with van der Waals surface area (Å²) in [4.78, 5) is 2.58. The first-order valence-electron chi connectivity index (χ1n) is 9.00. The van der Waals surface area contributed by atoms with E-state index in [0.717, 1.165) is 30.0 Å². The average Bonchev–Trinajstić information content (AvgIpc) is 3.35. The van der Waals surface area contributed by atoms with E-state index in [2.05, 4.69) is 15.1 Å². The lowest BCUT2D eigenvalue weighted by molar-refractivity contribution is 0.172. The fourth-order valence-electron chi connectivity index (χ4n) is 3.67. The van der Waals surface area contributed by atoms with Crippen molar-refractivity contribution in [1.82, 2.24) is 15.1 Å². The van der Waals surface area contributed by atoms with E-state index in [0.29, 0.717) is 5.89 Å². The topological polar surface area (TPSA) is 42.2 Å². The van der Waals surface area contributed by atoms with Crippen molar-refractivity contribution in [3.05, 3.63) is 36.2 Å². The Balaban J connectivity index is 1.42. The Kier molecular flexibility index (Phi) is 4.42. The molecule has 2 fully saturated rings. The zero-order valence-corrected chi connectivity index (χ0v) is 13.7. The van der Waals surface area contributed by atoms with Crippen molar-refractivity contribution in [2.24, 2.45) is 5.92 Å². The Morgan fingerprint density at radius 1 is 0.957 bits per heavy atom. The normalized spacial score (nSPS) is 19.3. The standard InChI is InChI=1S/C19H25N3O/c1-3-7-15(8-4-1)13-22(17-11-12-17)14-18-20-21-19(23-18)16-9-5-2-6-10-16/h2,5-6,9-10,15,17H,1,3-4,7-8,11-14H2. The first-order chi connectivity index (χ1) is 11.4. The van der Waals surface area contributed by atoms with Crippen LogP contribution in [-0.4, -0.2) is 27.7 Å². The van der Waals surface area contributed by atoms with Crippen LogP contribution in [0.3, 0.4) is 0 Å². The number of hydrogen-bond donors (Lipinski definition) is 0. The zero-order chi connectivity index (χ0) is 15.5. The lowest BCUT2D eigenvalue weighted by Gasteiger charge is -2.28. The number of hydrogen-bond acceptors (Lipinski definition) is 4. The van der Waals surface area contributed by atoms with E-state index in [1.165, 1.54) is 51.5 Å². The Morgan fingerprint density at radius 3 is 2.48 bits per heavy atom. The van der Waals surface area contributed by atoms with Crippen LogP contribution in [0.1, 0.15) is 50.8 Å². The Labute approximate surface area is 137 Å². The number of aromatic nitrogens is 2. The number of nitrogens with zero attached hydrogens (tertiary/aromatic N) is 3. The minimum absolute atomic E-state index is 0.633. The van der Waals surface area contributed by atoms with E-state index in [4.69, 9.17) is 4.42 Å². The highest BCUT2D eigenvalue weighted by molar-refractivity contribution is 5.51. The predicted octanol–water partition coefficient (Wildman–Crippen LogP) is 4.28. The summed E-state index contributed by atoms with van der Waals surface area (Å²) in [7, 11) is 0. The molecule has 2 saturated carbocycles. The third-order valence-electron chi connectivity index (χ3n) is 5.11. The van der Waals surface area contributed by atoms with Crippen LogP contribution in [0, 0.1) is 5.92 Å². The second kappa shape index (κ2) is 6.83. The molecule has 0 amide bonds. The van der Waals surface area contributed by atoms with Crippen molar-refractivity contribution in [2.45, 2.75) is 57.5 Å². The molecule has 2 aliphatic rings. The molecule has 4 rings (SSSR count). The van der Waals surface area contributed by atoms with Gasteiger partial charge in [0.05, 0.1) is 6.54 Å². The van der Waals surface area contributed by atoms with E-state index in [1.807, 2.05) is 30.3 Å². The smallest absolute Gasteiger partial charge is 0.247 e. The molecule has 4 nitrogen and oxygen atoms in total. The summed E-state index contributed by atoms with van der Waals surface area (Å²) in [5, 5.41) is 8.50. The van der Waals surface area contributed by atoms with Crippen LogP contribution in [0.5, 0.6) is 0 Å². The summed E-state index contributed by atoms with van der Waals surface area (Å²) < 4.78 is 5.90. The van der Waals surface area contributed by atoms with Gasteiger partial charge in [0.2, 0.25) is 11.8 Å². The lowest BCUT2D eigenvalue weighted by atomic mass is 9.89. The van der Waals surface area contributed by atoms with Gasteiger partial charge in [-0.25, -0.2) is 0 Å². The molecule has 0 atom stereocenters. The molecule has 0 N–H and O–H groups in total. The Morgan fingerprint density at radius 2 is 1.74 bits per heavy atom. The highest BCUT2D eigenvalue weighted by Crippen LogP contribution is 2.32. The van der Waals surface area contributed by atoms with Gasteiger partial charge in [0.1, 0.15) is 0 Å². The molecule has 122 valence electrons. The first-order valence-corrected chi connectivity index (χ1v) is 9.00. The minimum atomic E-state index is 0.633. The maximum atomic E-state index is 5.90. The van der Waals surface area contributed by atoms with E-state index < -0.39 is 0 Å². The van der Waals surface area contributed by atoms with Crippen LogP contribution < -0.4 is 0 Å². The van der Waals surface area contributed by atoms with E-state index in [-0.39, 0.29) is 0 Å². The SMILES string of the molecule is c1ccc(-c2nnc(CN(CC3CCCCC3)C3CC3)o2)cc1. The molecule has 1 aromatic carbocycles. The minimum Gasteiger partial charge on any atom is -0.419 e. The second-order valence-corrected chi connectivity index (χ2v) is 7.03. The maximum absolute atomic E-state index is 5.90. The van der Waals surface area contributed by atoms with Gasteiger partial charge in [-0.1, -0.05) is 37.5 Å². The van der Waals surface area contributed by atoms with Crippen LogP contribution in [0.15, 0.2) is 34.7 Å². The quantitative estimate of drug-likeness (QED) is 0.798. The molecule has 0 bridgehead atoms. The Hall–Kier alpha value is -1.68. The van der Waals surface area contributed by atoms with E-state index in [1.54, 1.807) is 0 Å². The highest BCUT2D eigenvalue weighted by Gasteiger charge is 2.32. The maximum Gasteiger partial charge on any atom is 0.247 e. The average molecular weight is 311 g/mol. The van der Waals surface area contributed by atoms with Crippen molar-refractivity contribution < 1.29 is 4.42 Å². The van der Waals surface area contributed by atoms with E-state index in [9.17, 15) is 0 Å². The van der Waals surface area contributed by atoms with Crippen LogP contribution in [0.2, 0.25) is 0 Å². The largest absolute Gasteiger partial charge is 0.419 e. The summed E-state index contributed by atoms with van der Waals surface area (Å²) in [5.74, 6) is 2.25. The van der Waals surface area contributed by atoms with Crippen molar-refractivity contribution in [3.63, 3.8) is 0 Å². The van der Waals surface area contributed by atoms with Crippen LogP contribution >= 0.6 is 0 Å². The summed E-state index contributed by atoms with van der Waals surface area (Å²) in [6.45, 7) is 2.01. The van der Waals surface area contributed by atoms with Crippen LogP contribution in [0.4, 0.5) is 0 Å². The van der Waals surface area contributed by atoms with Gasteiger partial charge in [0.25, 0.3) is 0 Å². The molecular formula is C19H25N3O. The second-order valence-electron chi connectivity index (χ2n) is 7.03. The van der Waals surface area contributed by atoms with Gasteiger partial charge < -0.3 is 4.42 Å². The summed E-state index contributed by atoms with van der Waals surface area (Å²) in [6.07, 6.45) is 9.66. The molecule has 0 saturated heterocycles. The molecule has 0 aliphatic heterocycles. The van der Waals surface area contributed by atoms with Crippen molar-refractivity contribution in [1.29, 1.82) is 0 Å². The molecule has 2 aromatic rings. The van der Waals surface area contributed by atoms with Gasteiger partial charge in [-0.2, -0.15) is 0 Å². The van der Waals surface area contributed by atoms with Gasteiger partial charge in [0, 0.05) is 18.2 Å². The van der Waals surface area contributed by atoms with Crippen molar-refractivity contribution in [3.8, 4) is 11.5 Å². The molecule has 1 aromatic heterocycles. The summed E-state index contributed by atoms with van der Waals surface area (Å²) in [5.41, 5.74) is 0.997. The molecule has 1 heterocycles. The van der Waals surface area contributed by atoms with Gasteiger partial charge in [-0.15, -0.1) is 10.2 Å². The van der Waals surface area contributed by atoms with Gasteiger partial charge >= 0.3 is 0 Å².